The van der Waals surface area contributed by atoms with Crippen LogP contribution in [0.4, 0.5) is 22.0 Å². The minimum atomic E-state index is -3.55. The SMILES string of the molecule is CC(C)OC(=O)C(C)N[P@@H](=O)Oc1c(F)c(F)c(F)c(F)c1F. The summed E-state index contributed by atoms with van der Waals surface area (Å²) in [6.45, 7) is 4.33. The van der Waals surface area contributed by atoms with Crippen molar-refractivity contribution in [2.75, 3.05) is 0 Å². The number of halogens is 5. The predicted molar refractivity (Wildman–Crippen MR) is 69.7 cm³/mol. The van der Waals surface area contributed by atoms with E-state index in [2.05, 4.69) is 4.52 Å². The van der Waals surface area contributed by atoms with Gasteiger partial charge in [0.05, 0.1) is 6.10 Å². The Morgan fingerprint density at radius 2 is 1.39 bits per heavy atom. The van der Waals surface area contributed by atoms with E-state index in [1.807, 2.05) is 5.09 Å². The molecular weight excluding hydrogens is 348 g/mol. The summed E-state index contributed by atoms with van der Waals surface area (Å²) in [6.07, 6.45) is -0.467. The lowest BCUT2D eigenvalue weighted by molar-refractivity contribution is -0.148. The van der Waals surface area contributed by atoms with Gasteiger partial charge in [-0.2, -0.15) is 8.78 Å². The highest BCUT2D eigenvalue weighted by Gasteiger charge is 2.28. The van der Waals surface area contributed by atoms with Crippen molar-refractivity contribution in [1.82, 2.24) is 5.09 Å². The van der Waals surface area contributed by atoms with Crippen molar-refractivity contribution in [3.8, 4) is 5.75 Å². The molecule has 0 aliphatic heterocycles. The van der Waals surface area contributed by atoms with Gasteiger partial charge in [0.2, 0.25) is 34.8 Å². The van der Waals surface area contributed by atoms with Crippen LogP contribution in [0.1, 0.15) is 20.8 Å². The number of carbonyl (C=O) groups excluding carboxylic acids is 1. The molecule has 1 N–H and O–H groups in total. The molecular formula is C12H13F5NO4P. The van der Waals surface area contributed by atoms with Crippen LogP contribution >= 0.6 is 8.18 Å². The summed E-state index contributed by atoms with van der Waals surface area (Å²) in [5, 5.41) is 2.02. The van der Waals surface area contributed by atoms with Gasteiger partial charge < -0.3 is 9.26 Å². The van der Waals surface area contributed by atoms with Gasteiger partial charge in [0.1, 0.15) is 6.04 Å². The Bertz CT molecular complexity index is 611. The van der Waals surface area contributed by atoms with Crippen molar-refractivity contribution in [1.29, 1.82) is 0 Å². The summed E-state index contributed by atoms with van der Waals surface area (Å²) >= 11 is 0. The molecule has 0 aliphatic carbocycles. The largest absolute Gasteiger partial charge is 0.462 e. The quantitative estimate of drug-likeness (QED) is 0.277. The number of hydrogen-bond acceptors (Lipinski definition) is 4. The molecule has 1 rings (SSSR count). The van der Waals surface area contributed by atoms with Gasteiger partial charge in [0.15, 0.2) is 0 Å². The standard InChI is InChI=1S/C12H13F5NO4P/c1-4(2)21-12(19)5(3)18-23(20)22-11-9(16)7(14)6(13)8(15)10(11)17/h4-5,23H,1-3H3,(H,18,20). The monoisotopic (exact) mass is 361 g/mol. The summed E-state index contributed by atoms with van der Waals surface area (Å²) in [5.74, 6) is -13.9. The van der Waals surface area contributed by atoms with Crippen LogP contribution < -0.4 is 9.61 Å². The molecule has 0 amide bonds. The van der Waals surface area contributed by atoms with Crippen LogP contribution in [-0.4, -0.2) is 18.1 Å². The normalized spacial score (nSPS) is 13.8. The van der Waals surface area contributed by atoms with Gasteiger partial charge in [-0.3, -0.25) is 9.36 Å². The first kappa shape index (κ1) is 19.4. The first-order valence-corrected chi connectivity index (χ1v) is 7.58. The lowest BCUT2D eigenvalue weighted by Crippen LogP contribution is -2.33. The second kappa shape index (κ2) is 7.74. The van der Waals surface area contributed by atoms with Crippen molar-refractivity contribution in [2.45, 2.75) is 32.9 Å². The zero-order chi connectivity index (χ0) is 17.9. The van der Waals surface area contributed by atoms with Crippen molar-refractivity contribution in [2.24, 2.45) is 0 Å². The van der Waals surface area contributed by atoms with Crippen molar-refractivity contribution >= 4 is 14.1 Å². The summed E-state index contributed by atoms with van der Waals surface area (Å²) in [4.78, 5) is 11.4. The second-order valence-electron chi connectivity index (χ2n) is 4.64. The van der Waals surface area contributed by atoms with Gasteiger partial charge in [0, 0.05) is 0 Å². The Balaban J connectivity index is 2.89. The molecule has 1 aromatic carbocycles. The third kappa shape index (κ3) is 4.65. The molecule has 0 saturated carbocycles. The van der Waals surface area contributed by atoms with Crippen LogP contribution in [-0.2, 0) is 14.1 Å². The van der Waals surface area contributed by atoms with Crippen LogP contribution in [0.5, 0.6) is 5.75 Å². The van der Waals surface area contributed by atoms with E-state index in [1.165, 1.54) is 6.92 Å². The fraction of sp³-hybridized carbons (Fsp3) is 0.417. The summed E-state index contributed by atoms with van der Waals surface area (Å²) in [6, 6.07) is -1.19. The molecule has 5 nitrogen and oxygen atoms in total. The zero-order valence-electron chi connectivity index (χ0n) is 12.2. The highest BCUT2D eigenvalue weighted by Crippen LogP contribution is 2.34. The number of hydrogen-bond donors (Lipinski definition) is 1. The van der Waals surface area contributed by atoms with Gasteiger partial charge in [-0.25, -0.2) is 18.3 Å². The van der Waals surface area contributed by atoms with E-state index >= 15 is 0 Å². The van der Waals surface area contributed by atoms with Crippen LogP contribution in [0.2, 0.25) is 0 Å². The minimum Gasteiger partial charge on any atom is -0.462 e. The molecule has 130 valence electrons. The number of rotatable bonds is 6. The fourth-order valence-electron chi connectivity index (χ4n) is 1.37. The molecule has 1 unspecified atom stereocenters. The molecule has 11 heteroatoms. The Labute approximate surface area is 128 Å². The van der Waals surface area contributed by atoms with E-state index in [9.17, 15) is 31.3 Å². The third-order valence-corrected chi connectivity index (χ3v) is 3.46. The van der Waals surface area contributed by atoms with Crippen LogP contribution in [0.15, 0.2) is 0 Å². The van der Waals surface area contributed by atoms with Crippen LogP contribution in [0.25, 0.3) is 0 Å². The Morgan fingerprint density at radius 3 is 1.83 bits per heavy atom. The predicted octanol–water partition coefficient (Wildman–Crippen LogP) is 3.08. The van der Waals surface area contributed by atoms with E-state index in [4.69, 9.17) is 4.74 Å². The number of benzene rings is 1. The molecule has 0 heterocycles. The summed E-state index contributed by atoms with van der Waals surface area (Å²) in [7, 11) is -3.55. The Kier molecular flexibility index (Phi) is 6.52. The van der Waals surface area contributed by atoms with E-state index in [0.717, 1.165) is 0 Å². The molecule has 23 heavy (non-hydrogen) atoms. The Hall–Kier alpha value is -1.67. The number of carbonyl (C=O) groups is 1. The lowest BCUT2D eigenvalue weighted by Gasteiger charge is -2.16. The summed E-state index contributed by atoms with van der Waals surface area (Å²) < 4.78 is 86.1. The zero-order valence-corrected chi connectivity index (χ0v) is 13.2. The van der Waals surface area contributed by atoms with Gasteiger partial charge in [0.25, 0.3) is 0 Å². The molecule has 0 aromatic heterocycles. The van der Waals surface area contributed by atoms with E-state index in [-0.39, 0.29) is 0 Å². The average Bonchev–Trinajstić information content (AvgIpc) is 2.46. The maximum atomic E-state index is 13.3. The van der Waals surface area contributed by atoms with Gasteiger partial charge >= 0.3 is 14.1 Å². The molecule has 2 atom stereocenters. The first-order valence-electron chi connectivity index (χ1n) is 6.26. The highest BCUT2D eigenvalue weighted by atomic mass is 31.1. The molecule has 1 aromatic rings. The minimum absolute atomic E-state index is 0.467. The first-order chi connectivity index (χ1) is 10.6. The summed E-state index contributed by atoms with van der Waals surface area (Å²) in [5.41, 5.74) is 0. The van der Waals surface area contributed by atoms with E-state index in [1.54, 1.807) is 13.8 Å². The molecule has 0 radical (unpaired) electrons. The Morgan fingerprint density at radius 1 is 0.957 bits per heavy atom. The third-order valence-electron chi connectivity index (χ3n) is 2.40. The van der Waals surface area contributed by atoms with Crippen LogP contribution in [0, 0.1) is 29.1 Å². The number of nitrogens with one attached hydrogen (secondary N) is 1. The molecule has 0 fully saturated rings. The van der Waals surface area contributed by atoms with Gasteiger partial charge in [-0.15, -0.1) is 0 Å². The number of ether oxygens (including phenoxy) is 1. The maximum absolute atomic E-state index is 13.3. The lowest BCUT2D eigenvalue weighted by atomic mass is 10.3. The fourth-order valence-corrected chi connectivity index (χ4v) is 2.26. The second-order valence-corrected chi connectivity index (χ2v) is 5.71. The molecule has 0 saturated heterocycles. The molecule has 0 aliphatic rings. The molecule has 0 bridgehead atoms. The van der Waals surface area contributed by atoms with Crippen molar-refractivity contribution < 1.29 is 40.6 Å². The van der Waals surface area contributed by atoms with E-state index in [0.29, 0.717) is 0 Å². The van der Waals surface area contributed by atoms with Crippen LogP contribution in [0.3, 0.4) is 0 Å². The topological polar surface area (TPSA) is 64.6 Å². The van der Waals surface area contributed by atoms with E-state index < -0.39 is 61.1 Å². The van der Waals surface area contributed by atoms with Crippen molar-refractivity contribution in [3.05, 3.63) is 29.1 Å². The van der Waals surface area contributed by atoms with Gasteiger partial charge in [-0.05, 0) is 20.8 Å². The highest BCUT2D eigenvalue weighted by molar-refractivity contribution is 7.37. The van der Waals surface area contributed by atoms with Gasteiger partial charge in [-0.1, -0.05) is 0 Å². The smallest absolute Gasteiger partial charge is 0.323 e. The average molecular weight is 361 g/mol. The number of esters is 1. The van der Waals surface area contributed by atoms with Crippen molar-refractivity contribution in [3.63, 3.8) is 0 Å². The maximum Gasteiger partial charge on any atom is 0.323 e. The molecule has 0 spiro atoms.